The summed E-state index contributed by atoms with van der Waals surface area (Å²) in [5, 5.41) is 11.7. The summed E-state index contributed by atoms with van der Waals surface area (Å²) in [6, 6.07) is 0. The summed E-state index contributed by atoms with van der Waals surface area (Å²) in [7, 11) is 0. The van der Waals surface area contributed by atoms with Crippen LogP contribution in [0.4, 0.5) is 0 Å². The van der Waals surface area contributed by atoms with Gasteiger partial charge in [0.2, 0.25) is 0 Å². The third kappa shape index (κ3) is 1.52. The van der Waals surface area contributed by atoms with E-state index in [1.807, 2.05) is 6.92 Å². The van der Waals surface area contributed by atoms with Gasteiger partial charge in [-0.3, -0.25) is 4.79 Å². The van der Waals surface area contributed by atoms with Crippen LogP contribution >= 0.6 is 0 Å². The van der Waals surface area contributed by atoms with Gasteiger partial charge in [-0.1, -0.05) is 0 Å². The topological polar surface area (TPSA) is 58.6 Å². The van der Waals surface area contributed by atoms with Gasteiger partial charge in [0.1, 0.15) is 5.41 Å². The maximum atomic E-state index is 10.7. The fourth-order valence-corrected chi connectivity index (χ4v) is 1.04. The average Bonchev–Trinajstić information content (AvgIpc) is 1.85. The molecule has 1 aliphatic heterocycles. The fraction of sp³-hybridized carbons (Fsp3) is 0.857. The average molecular weight is 159 g/mol. The maximum absolute atomic E-state index is 10.7. The lowest BCUT2D eigenvalue weighted by atomic mass is 9.83. The van der Waals surface area contributed by atoms with Crippen LogP contribution in [0.2, 0.25) is 0 Å². The van der Waals surface area contributed by atoms with Gasteiger partial charge in [-0.05, 0) is 6.92 Å². The van der Waals surface area contributed by atoms with Gasteiger partial charge in [-0.2, -0.15) is 0 Å². The molecule has 1 heterocycles. The minimum atomic E-state index is -0.760. The number of carboxylic acids is 1. The van der Waals surface area contributed by atoms with Crippen LogP contribution in [0.3, 0.4) is 0 Å². The highest BCUT2D eigenvalue weighted by molar-refractivity contribution is 5.76. The molecule has 0 aromatic rings. The Balaban J connectivity index is 2.40. The summed E-state index contributed by atoms with van der Waals surface area (Å²) in [5.74, 6) is -0.760. The summed E-state index contributed by atoms with van der Waals surface area (Å²) >= 11 is 0. The van der Waals surface area contributed by atoms with Crippen molar-refractivity contribution in [1.29, 1.82) is 0 Å². The van der Waals surface area contributed by atoms with E-state index < -0.39 is 11.4 Å². The third-order valence-electron chi connectivity index (χ3n) is 1.96. The monoisotopic (exact) mass is 159 g/mol. The zero-order valence-corrected chi connectivity index (χ0v) is 6.59. The highest BCUT2D eigenvalue weighted by Crippen LogP contribution is 2.22. The standard InChI is InChI=1S/C7H13NO3/c1-2-11-5-7(6(9)10)3-8-4-7/h8H,2-5H2,1H3,(H,9,10). The van der Waals surface area contributed by atoms with Crippen molar-refractivity contribution in [3.63, 3.8) is 0 Å². The molecule has 0 radical (unpaired) electrons. The summed E-state index contributed by atoms with van der Waals surface area (Å²) < 4.78 is 5.08. The van der Waals surface area contributed by atoms with Crippen molar-refractivity contribution in [1.82, 2.24) is 5.32 Å². The van der Waals surface area contributed by atoms with E-state index in [1.54, 1.807) is 0 Å². The molecule has 0 aliphatic carbocycles. The van der Waals surface area contributed by atoms with E-state index in [2.05, 4.69) is 5.32 Å². The summed E-state index contributed by atoms with van der Waals surface area (Å²) in [6.45, 7) is 3.83. The van der Waals surface area contributed by atoms with Gasteiger partial charge in [0.15, 0.2) is 0 Å². The molecule has 0 spiro atoms. The quantitative estimate of drug-likeness (QED) is 0.591. The molecule has 4 nitrogen and oxygen atoms in total. The van der Waals surface area contributed by atoms with Crippen LogP contribution in [0.5, 0.6) is 0 Å². The molecule has 1 fully saturated rings. The number of nitrogens with one attached hydrogen (secondary N) is 1. The van der Waals surface area contributed by atoms with Crippen molar-refractivity contribution in [2.45, 2.75) is 6.92 Å². The summed E-state index contributed by atoms with van der Waals surface area (Å²) in [6.07, 6.45) is 0. The second kappa shape index (κ2) is 3.19. The van der Waals surface area contributed by atoms with E-state index in [9.17, 15) is 4.79 Å². The summed E-state index contributed by atoms with van der Waals surface area (Å²) in [4.78, 5) is 10.7. The van der Waals surface area contributed by atoms with Gasteiger partial charge in [-0.25, -0.2) is 0 Å². The number of hydrogen-bond donors (Lipinski definition) is 2. The van der Waals surface area contributed by atoms with Crippen LogP contribution in [0, 0.1) is 5.41 Å². The van der Waals surface area contributed by atoms with Crippen molar-refractivity contribution in [2.24, 2.45) is 5.41 Å². The minimum Gasteiger partial charge on any atom is -0.481 e. The Morgan fingerprint density at radius 2 is 2.36 bits per heavy atom. The molecule has 1 aliphatic rings. The predicted octanol–water partition coefficient (Wildman–Crippen LogP) is -0.303. The molecule has 0 atom stereocenters. The van der Waals surface area contributed by atoms with Crippen LogP contribution in [0.25, 0.3) is 0 Å². The Kier molecular flexibility index (Phi) is 2.46. The second-order valence-electron chi connectivity index (χ2n) is 2.83. The van der Waals surface area contributed by atoms with Gasteiger partial charge in [0.25, 0.3) is 0 Å². The first-order valence-corrected chi connectivity index (χ1v) is 3.73. The molecule has 2 N–H and O–H groups in total. The zero-order valence-electron chi connectivity index (χ0n) is 6.59. The van der Waals surface area contributed by atoms with Gasteiger partial charge < -0.3 is 15.2 Å². The van der Waals surface area contributed by atoms with E-state index >= 15 is 0 Å². The highest BCUT2D eigenvalue weighted by Gasteiger charge is 2.44. The van der Waals surface area contributed by atoms with E-state index in [0.29, 0.717) is 26.3 Å². The first kappa shape index (κ1) is 8.49. The van der Waals surface area contributed by atoms with Gasteiger partial charge in [0, 0.05) is 19.7 Å². The number of ether oxygens (including phenoxy) is 1. The van der Waals surface area contributed by atoms with E-state index in [1.165, 1.54) is 0 Å². The molecule has 0 aromatic carbocycles. The lowest BCUT2D eigenvalue weighted by Gasteiger charge is -2.37. The van der Waals surface area contributed by atoms with Crippen LogP contribution in [0.1, 0.15) is 6.92 Å². The number of hydrogen-bond acceptors (Lipinski definition) is 3. The lowest BCUT2D eigenvalue weighted by molar-refractivity contribution is -0.156. The Morgan fingerprint density at radius 1 is 1.73 bits per heavy atom. The number of carboxylic acid groups (broad SMARTS) is 1. The molecular formula is C7H13NO3. The van der Waals surface area contributed by atoms with E-state index in [4.69, 9.17) is 9.84 Å². The summed E-state index contributed by atoms with van der Waals surface area (Å²) in [5.41, 5.74) is -0.643. The van der Waals surface area contributed by atoms with Gasteiger partial charge >= 0.3 is 5.97 Å². The van der Waals surface area contributed by atoms with Crippen molar-refractivity contribution in [2.75, 3.05) is 26.3 Å². The predicted molar refractivity (Wildman–Crippen MR) is 39.4 cm³/mol. The number of rotatable bonds is 4. The number of aliphatic carboxylic acids is 1. The molecule has 64 valence electrons. The first-order valence-electron chi connectivity index (χ1n) is 3.73. The lowest BCUT2D eigenvalue weighted by Crippen LogP contribution is -2.60. The maximum Gasteiger partial charge on any atom is 0.314 e. The minimum absolute atomic E-state index is 0.325. The van der Waals surface area contributed by atoms with Crippen molar-refractivity contribution >= 4 is 5.97 Å². The number of carbonyl (C=O) groups is 1. The molecule has 0 unspecified atom stereocenters. The third-order valence-corrected chi connectivity index (χ3v) is 1.96. The zero-order chi connectivity index (χ0) is 8.32. The molecule has 0 aromatic heterocycles. The van der Waals surface area contributed by atoms with E-state index in [-0.39, 0.29) is 0 Å². The molecule has 4 heteroatoms. The Morgan fingerprint density at radius 3 is 2.64 bits per heavy atom. The smallest absolute Gasteiger partial charge is 0.314 e. The van der Waals surface area contributed by atoms with Gasteiger partial charge in [0.05, 0.1) is 6.61 Å². The van der Waals surface area contributed by atoms with Crippen molar-refractivity contribution in [3.8, 4) is 0 Å². The van der Waals surface area contributed by atoms with Crippen molar-refractivity contribution in [3.05, 3.63) is 0 Å². The molecular weight excluding hydrogens is 146 g/mol. The molecule has 1 rings (SSSR count). The fourth-order valence-electron chi connectivity index (χ4n) is 1.04. The van der Waals surface area contributed by atoms with Crippen LogP contribution in [-0.2, 0) is 9.53 Å². The normalized spacial score (nSPS) is 20.8. The molecule has 0 amide bonds. The van der Waals surface area contributed by atoms with Gasteiger partial charge in [-0.15, -0.1) is 0 Å². The molecule has 0 saturated carbocycles. The Labute approximate surface area is 65.5 Å². The van der Waals surface area contributed by atoms with Crippen LogP contribution in [0.15, 0.2) is 0 Å². The Bertz CT molecular complexity index is 154. The first-order chi connectivity index (χ1) is 5.21. The Hall–Kier alpha value is -0.610. The second-order valence-corrected chi connectivity index (χ2v) is 2.83. The molecule has 0 bridgehead atoms. The van der Waals surface area contributed by atoms with Crippen LogP contribution < -0.4 is 5.32 Å². The SMILES string of the molecule is CCOCC1(C(=O)O)CNC1. The molecule has 1 saturated heterocycles. The largest absolute Gasteiger partial charge is 0.481 e. The van der Waals surface area contributed by atoms with Crippen LogP contribution in [-0.4, -0.2) is 37.4 Å². The molecule has 11 heavy (non-hydrogen) atoms. The van der Waals surface area contributed by atoms with E-state index in [0.717, 1.165) is 0 Å². The van der Waals surface area contributed by atoms with Crippen molar-refractivity contribution < 1.29 is 14.6 Å². The highest BCUT2D eigenvalue weighted by atomic mass is 16.5.